The van der Waals surface area contributed by atoms with Gasteiger partial charge in [-0.3, -0.25) is 0 Å². The first-order valence-electron chi connectivity index (χ1n) is 6.85. The Labute approximate surface area is 118 Å². The first kappa shape index (κ1) is 14.7. The van der Waals surface area contributed by atoms with Crippen molar-refractivity contribution < 1.29 is 8.78 Å². The van der Waals surface area contributed by atoms with Gasteiger partial charge in [0.1, 0.15) is 0 Å². The van der Waals surface area contributed by atoms with Gasteiger partial charge in [0.2, 0.25) is 0 Å². The quantitative estimate of drug-likeness (QED) is 0.846. The maximum atomic E-state index is 14.2. The lowest BCUT2D eigenvalue weighted by Crippen LogP contribution is -2.21. The van der Waals surface area contributed by atoms with Crippen molar-refractivity contribution in [2.75, 3.05) is 6.54 Å². The Bertz CT molecular complexity index is 534. The molecule has 2 aromatic rings. The second-order valence-electron chi connectivity index (χ2n) is 4.97. The molecule has 0 saturated carbocycles. The summed E-state index contributed by atoms with van der Waals surface area (Å²) in [5, 5.41) is 3.27. The highest BCUT2D eigenvalue weighted by Gasteiger charge is 2.31. The molecular weight excluding hydrogens is 258 g/mol. The zero-order valence-corrected chi connectivity index (χ0v) is 11.8. The molecule has 0 bridgehead atoms. The van der Waals surface area contributed by atoms with E-state index >= 15 is 0 Å². The van der Waals surface area contributed by atoms with Crippen LogP contribution in [0, 0.1) is 0 Å². The molecule has 1 aromatic heterocycles. The molecule has 4 heteroatoms. The Kier molecular flexibility index (Phi) is 4.55. The first-order chi connectivity index (χ1) is 9.53. The van der Waals surface area contributed by atoms with E-state index in [0.29, 0.717) is 0 Å². The fourth-order valence-corrected chi connectivity index (χ4v) is 2.24. The number of benzene rings is 1. The summed E-state index contributed by atoms with van der Waals surface area (Å²) in [6.45, 7) is 4.57. The fourth-order valence-electron chi connectivity index (χ4n) is 2.24. The number of hydrogen-bond acceptors (Lipinski definition) is 1. The van der Waals surface area contributed by atoms with Crippen LogP contribution in [0.15, 0.2) is 48.8 Å². The van der Waals surface area contributed by atoms with Crippen molar-refractivity contribution in [1.82, 2.24) is 9.88 Å². The predicted octanol–water partition coefficient (Wildman–Crippen LogP) is 3.95. The summed E-state index contributed by atoms with van der Waals surface area (Å²) in [5.41, 5.74) is 1.07. The molecule has 2 rings (SSSR count). The summed E-state index contributed by atoms with van der Waals surface area (Å²) in [6.07, 6.45) is 3.49. The number of nitrogens with zero attached hydrogens (tertiary/aromatic N) is 1. The van der Waals surface area contributed by atoms with Gasteiger partial charge in [0.05, 0.1) is 6.54 Å². The maximum Gasteiger partial charge on any atom is 0.290 e. The average molecular weight is 278 g/mol. The molecule has 0 aliphatic carbocycles. The van der Waals surface area contributed by atoms with E-state index in [1.165, 1.54) is 12.1 Å². The molecule has 0 aliphatic heterocycles. The van der Waals surface area contributed by atoms with Crippen LogP contribution in [0.2, 0.25) is 0 Å². The van der Waals surface area contributed by atoms with Crippen molar-refractivity contribution in [2.24, 2.45) is 0 Å². The second kappa shape index (κ2) is 6.18. The minimum atomic E-state index is -2.86. The second-order valence-corrected chi connectivity index (χ2v) is 4.97. The third-order valence-corrected chi connectivity index (χ3v) is 3.36. The largest absolute Gasteiger partial charge is 0.348 e. The molecule has 0 fully saturated rings. The Morgan fingerprint density at radius 1 is 1.20 bits per heavy atom. The summed E-state index contributed by atoms with van der Waals surface area (Å²) in [4.78, 5) is 0. The van der Waals surface area contributed by atoms with E-state index in [1.807, 2.05) is 19.9 Å². The van der Waals surface area contributed by atoms with Gasteiger partial charge in [-0.25, -0.2) is 0 Å². The minimum absolute atomic E-state index is 0.0509. The van der Waals surface area contributed by atoms with Gasteiger partial charge in [-0.2, -0.15) is 8.78 Å². The molecular formula is C16H20F2N2. The molecule has 108 valence electrons. The van der Waals surface area contributed by atoms with Crippen molar-refractivity contribution in [3.63, 3.8) is 0 Å². The molecule has 1 unspecified atom stereocenters. The molecule has 1 aromatic carbocycles. The standard InChI is InChI=1S/C16H20F2N2/c1-3-19-13(2)14-9-10-20(11-14)12-16(17,18)15-7-5-4-6-8-15/h4-11,13,19H,3,12H2,1-2H3. The van der Waals surface area contributed by atoms with E-state index in [9.17, 15) is 8.78 Å². The van der Waals surface area contributed by atoms with Crippen LogP contribution >= 0.6 is 0 Å². The Morgan fingerprint density at radius 3 is 2.55 bits per heavy atom. The Hall–Kier alpha value is -1.68. The molecule has 0 radical (unpaired) electrons. The lowest BCUT2D eigenvalue weighted by molar-refractivity contribution is -0.0221. The van der Waals surface area contributed by atoms with Gasteiger partial charge in [-0.1, -0.05) is 37.3 Å². The van der Waals surface area contributed by atoms with Gasteiger partial charge in [-0.05, 0) is 25.1 Å². The highest BCUT2D eigenvalue weighted by molar-refractivity contribution is 5.21. The summed E-state index contributed by atoms with van der Waals surface area (Å²) in [5.74, 6) is -2.86. The van der Waals surface area contributed by atoms with Crippen molar-refractivity contribution in [3.8, 4) is 0 Å². The maximum absolute atomic E-state index is 14.2. The summed E-state index contributed by atoms with van der Waals surface area (Å²) in [7, 11) is 0. The number of alkyl halides is 2. The van der Waals surface area contributed by atoms with Crippen molar-refractivity contribution in [1.29, 1.82) is 0 Å². The lowest BCUT2D eigenvalue weighted by atomic mass is 10.1. The van der Waals surface area contributed by atoms with Crippen molar-refractivity contribution >= 4 is 0 Å². The van der Waals surface area contributed by atoms with Gasteiger partial charge < -0.3 is 9.88 Å². The summed E-state index contributed by atoms with van der Waals surface area (Å²) in [6, 6.07) is 10.00. The third kappa shape index (κ3) is 3.45. The van der Waals surface area contributed by atoms with E-state index in [4.69, 9.17) is 0 Å². The summed E-state index contributed by atoms with van der Waals surface area (Å²) >= 11 is 0. The van der Waals surface area contributed by atoms with Crippen LogP contribution in [0.4, 0.5) is 8.78 Å². The molecule has 1 heterocycles. The molecule has 1 atom stereocenters. The number of halogens is 2. The van der Waals surface area contributed by atoms with Gasteiger partial charge in [0, 0.05) is 24.0 Å². The normalized spacial score (nSPS) is 13.4. The van der Waals surface area contributed by atoms with Crippen LogP contribution < -0.4 is 5.32 Å². The van der Waals surface area contributed by atoms with Crippen LogP contribution in [0.3, 0.4) is 0 Å². The molecule has 2 nitrogen and oxygen atoms in total. The van der Waals surface area contributed by atoms with E-state index in [2.05, 4.69) is 5.32 Å². The van der Waals surface area contributed by atoms with Crippen LogP contribution in [-0.4, -0.2) is 11.1 Å². The number of aromatic nitrogens is 1. The monoisotopic (exact) mass is 278 g/mol. The lowest BCUT2D eigenvalue weighted by Gasteiger charge is -2.17. The highest BCUT2D eigenvalue weighted by atomic mass is 19.3. The van der Waals surface area contributed by atoms with E-state index in [1.54, 1.807) is 35.2 Å². The average Bonchev–Trinajstić information content (AvgIpc) is 2.88. The topological polar surface area (TPSA) is 17.0 Å². The Balaban J connectivity index is 2.10. The van der Waals surface area contributed by atoms with Gasteiger partial charge in [-0.15, -0.1) is 0 Å². The van der Waals surface area contributed by atoms with Gasteiger partial charge >= 0.3 is 0 Å². The van der Waals surface area contributed by atoms with Crippen LogP contribution in [0.1, 0.15) is 31.0 Å². The van der Waals surface area contributed by atoms with Crippen molar-refractivity contribution in [3.05, 3.63) is 59.9 Å². The smallest absolute Gasteiger partial charge is 0.290 e. The van der Waals surface area contributed by atoms with Crippen LogP contribution in [-0.2, 0) is 12.5 Å². The summed E-state index contributed by atoms with van der Waals surface area (Å²) < 4.78 is 29.9. The number of rotatable bonds is 6. The molecule has 0 aliphatic rings. The molecule has 0 spiro atoms. The molecule has 1 N–H and O–H groups in total. The number of nitrogens with one attached hydrogen (secondary N) is 1. The van der Waals surface area contributed by atoms with Crippen LogP contribution in [0.25, 0.3) is 0 Å². The van der Waals surface area contributed by atoms with Gasteiger partial charge in [0.25, 0.3) is 5.92 Å². The minimum Gasteiger partial charge on any atom is -0.348 e. The third-order valence-electron chi connectivity index (χ3n) is 3.36. The molecule has 0 amide bonds. The first-order valence-corrected chi connectivity index (χ1v) is 6.85. The van der Waals surface area contributed by atoms with E-state index in [0.717, 1.165) is 12.1 Å². The van der Waals surface area contributed by atoms with Crippen LogP contribution in [0.5, 0.6) is 0 Å². The highest BCUT2D eigenvalue weighted by Crippen LogP contribution is 2.30. The fraction of sp³-hybridized carbons (Fsp3) is 0.375. The zero-order chi connectivity index (χ0) is 14.6. The van der Waals surface area contributed by atoms with Gasteiger partial charge in [0.15, 0.2) is 0 Å². The SMILES string of the molecule is CCNC(C)c1ccn(CC(F)(F)c2ccccc2)c1. The zero-order valence-electron chi connectivity index (χ0n) is 11.8. The number of hydrogen-bond donors (Lipinski definition) is 1. The molecule has 20 heavy (non-hydrogen) atoms. The van der Waals surface area contributed by atoms with Crippen molar-refractivity contribution in [2.45, 2.75) is 32.4 Å². The van der Waals surface area contributed by atoms with E-state index < -0.39 is 5.92 Å². The predicted molar refractivity (Wildman–Crippen MR) is 76.9 cm³/mol. The Morgan fingerprint density at radius 2 is 1.90 bits per heavy atom. The van der Waals surface area contributed by atoms with E-state index in [-0.39, 0.29) is 18.2 Å². The molecule has 0 saturated heterocycles.